The number of primary amides is 1. The van der Waals surface area contributed by atoms with Gasteiger partial charge in [0.25, 0.3) is 5.91 Å². The number of hydrogen-bond donors (Lipinski definition) is 3. The van der Waals surface area contributed by atoms with Crippen molar-refractivity contribution in [2.75, 3.05) is 13.6 Å². The maximum Gasteiger partial charge on any atom is 0.284 e. The molecular weight excluding hydrogens is 280 g/mol. The Bertz CT molecular complexity index is 482. The van der Waals surface area contributed by atoms with E-state index >= 15 is 0 Å². The van der Waals surface area contributed by atoms with Gasteiger partial charge in [0, 0.05) is 13.6 Å². The van der Waals surface area contributed by atoms with Crippen LogP contribution < -0.4 is 16.4 Å². The number of unbranched alkanes of at least 4 members (excludes halogenated alkanes) is 1. The molecule has 1 aromatic heterocycles. The SMILES string of the molecule is CCCCC(CC)CNC(=NC)NCc1ccc(C(N)=O)o1. The molecule has 0 spiro atoms. The maximum absolute atomic E-state index is 11.0. The summed E-state index contributed by atoms with van der Waals surface area (Å²) in [5.41, 5.74) is 5.16. The summed E-state index contributed by atoms with van der Waals surface area (Å²) in [7, 11) is 1.74. The van der Waals surface area contributed by atoms with Crippen LogP contribution in [0, 0.1) is 5.92 Å². The number of furan rings is 1. The number of nitrogens with one attached hydrogen (secondary N) is 2. The number of carbonyl (C=O) groups excluding carboxylic acids is 1. The van der Waals surface area contributed by atoms with Gasteiger partial charge < -0.3 is 20.8 Å². The van der Waals surface area contributed by atoms with Crippen molar-refractivity contribution < 1.29 is 9.21 Å². The molecule has 1 amide bonds. The second kappa shape index (κ2) is 9.87. The molecule has 0 fully saturated rings. The summed E-state index contributed by atoms with van der Waals surface area (Å²) in [6.07, 6.45) is 4.87. The molecule has 1 rings (SSSR count). The topological polar surface area (TPSA) is 92.6 Å². The molecular formula is C16H28N4O2. The van der Waals surface area contributed by atoms with Crippen LogP contribution >= 0.6 is 0 Å². The first-order chi connectivity index (χ1) is 10.6. The number of hydrogen-bond acceptors (Lipinski definition) is 3. The van der Waals surface area contributed by atoms with E-state index in [-0.39, 0.29) is 5.76 Å². The molecule has 124 valence electrons. The van der Waals surface area contributed by atoms with Gasteiger partial charge in [-0.2, -0.15) is 0 Å². The van der Waals surface area contributed by atoms with Crippen LogP contribution in [0.1, 0.15) is 55.8 Å². The Kier molecular flexibility index (Phi) is 8.10. The van der Waals surface area contributed by atoms with Gasteiger partial charge in [-0.25, -0.2) is 0 Å². The average Bonchev–Trinajstić information content (AvgIpc) is 2.99. The van der Waals surface area contributed by atoms with Gasteiger partial charge in [0.15, 0.2) is 11.7 Å². The third-order valence-corrected chi connectivity index (χ3v) is 3.66. The fraction of sp³-hybridized carbons (Fsp3) is 0.625. The van der Waals surface area contributed by atoms with E-state index in [9.17, 15) is 4.79 Å². The summed E-state index contributed by atoms with van der Waals surface area (Å²) in [5, 5.41) is 6.50. The second-order valence-corrected chi connectivity index (χ2v) is 5.35. The quantitative estimate of drug-likeness (QED) is 0.482. The fourth-order valence-electron chi connectivity index (χ4n) is 2.18. The lowest BCUT2D eigenvalue weighted by Crippen LogP contribution is -2.39. The van der Waals surface area contributed by atoms with Crippen molar-refractivity contribution in [3.05, 3.63) is 23.7 Å². The fourth-order valence-corrected chi connectivity index (χ4v) is 2.18. The monoisotopic (exact) mass is 308 g/mol. The molecule has 1 atom stereocenters. The molecule has 0 aromatic carbocycles. The zero-order valence-corrected chi connectivity index (χ0v) is 13.8. The van der Waals surface area contributed by atoms with Crippen molar-refractivity contribution in [1.82, 2.24) is 10.6 Å². The van der Waals surface area contributed by atoms with Crippen LogP contribution in [0.5, 0.6) is 0 Å². The lowest BCUT2D eigenvalue weighted by molar-refractivity contribution is 0.0972. The minimum Gasteiger partial charge on any atom is -0.454 e. The molecule has 0 aliphatic carbocycles. The summed E-state index contributed by atoms with van der Waals surface area (Å²) in [5.74, 6) is 1.64. The molecule has 0 radical (unpaired) electrons. The molecule has 0 saturated carbocycles. The number of amides is 1. The maximum atomic E-state index is 11.0. The number of nitrogens with zero attached hydrogens (tertiary/aromatic N) is 1. The van der Waals surface area contributed by atoms with E-state index < -0.39 is 5.91 Å². The molecule has 6 heteroatoms. The zero-order chi connectivity index (χ0) is 16.4. The predicted molar refractivity (Wildman–Crippen MR) is 88.7 cm³/mol. The normalized spacial score (nSPS) is 13.0. The van der Waals surface area contributed by atoms with E-state index in [4.69, 9.17) is 10.2 Å². The summed E-state index contributed by atoms with van der Waals surface area (Å²) < 4.78 is 5.32. The Morgan fingerprint density at radius 3 is 2.68 bits per heavy atom. The average molecular weight is 308 g/mol. The first-order valence-corrected chi connectivity index (χ1v) is 7.93. The number of nitrogens with two attached hydrogens (primary N) is 1. The van der Waals surface area contributed by atoms with E-state index in [0.29, 0.717) is 18.2 Å². The van der Waals surface area contributed by atoms with Crippen molar-refractivity contribution in [2.24, 2.45) is 16.6 Å². The second-order valence-electron chi connectivity index (χ2n) is 5.35. The van der Waals surface area contributed by atoms with Crippen LogP contribution in [0.3, 0.4) is 0 Å². The van der Waals surface area contributed by atoms with Crippen LogP contribution in [0.15, 0.2) is 21.5 Å². The molecule has 22 heavy (non-hydrogen) atoms. The van der Waals surface area contributed by atoms with Crippen molar-refractivity contribution in [3.63, 3.8) is 0 Å². The highest BCUT2D eigenvalue weighted by atomic mass is 16.3. The first kappa shape index (κ1) is 18.1. The van der Waals surface area contributed by atoms with Crippen LogP contribution in [-0.4, -0.2) is 25.5 Å². The standard InChI is InChI=1S/C16H28N4O2/c1-4-6-7-12(5-2)10-19-16(18-3)20-11-13-8-9-14(22-13)15(17)21/h8-9,12H,4-7,10-11H2,1-3H3,(H2,17,21)(H2,18,19,20). The van der Waals surface area contributed by atoms with Gasteiger partial charge in [-0.15, -0.1) is 0 Å². The molecule has 0 bridgehead atoms. The lowest BCUT2D eigenvalue weighted by Gasteiger charge is -2.17. The van der Waals surface area contributed by atoms with Gasteiger partial charge in [0.05, 0.1) is 6.54 Å². The summed E-state index contributed by atoms with van der Waals surface area (Å²) in [4.78, 5) is 15.2. The van der Waals surface area contributed by atoms with E-state index in [0.717, 1.165) is 18.9 Å². The van der Waals surface area contributed by atoms with Gasteiger partial charge in [0.2, 0.25) is 0 Å². The van der Waals surface area contributed by atoms with Gasteiger partial charge in [0.1, 0.15) is 5.76 Å². The molecule has 0 aliphatic rings. The molecule has 1 aromatic rings. The van der Waals surface area contributed by atoms with Gasteiger partial charge in [-0.05, 0) is 24.5 Å². The minimum atomic E-state index is -0.560. The van der Waals surface area contributed by atoms with Crippen LogP contribution in [0.4, 0.5) is 0 Å². The Morgan fingerprint density at radius 1 is 1.36 bits per heavy atom. The summed E-state index contributed by atoms with van der Waals surface area (Å²) >= 11 is 0. The van der Waals surface area contributed by atoms with E-state index in [2.05, 4.69) is 29.5 Å². The molecule has 6 nitrogen and oxygen atoms in total. The Hall–Kier alpha value is -1.98. The highest BCUT2D eigenvalue weighted by Gasteiger charge is 2.09. The van der Waals surface area contributed by atoms with Crippen molar-refractivity contribution in [1.29, 1.82) is 0 Å². The molecule has 4 N–H and O–H groups in total. The lowest BCUT2D eigenvalue weighted by atomic mass is 9.99. The van der Waals surface area contributed by atoms with E-state index in [1.807, 2.05) is 0 Å². The van der Waals surface area contributed by atoms with Gasteiger partial charge >= 0.3 is 0 Å². The number of guanidine groups is 1. The largest absolute Gasteiger partial charge is 0.454 e. The zero-order valence-electron chi connectivity index (χ0n) is 13.8. The Labute approximate surface area is 132 Å². The summed E-state index contributed by atoms with van der Waals surface area (Å²) in [6, 6.07) is 3.31. The molecule has 1 unspecified atom stereocenters. The van der Waals surface area contributed by atoms with Gasteiger partial charge in [-0.1, -0.05) is 33.1 Å². The number of rotatable bonds is 9. The molecule has 0 aliphatic heterocycles. The van der Waals surface area contributed by atoms with E-state index in [1.54, 1.807) is 19.2 Å². The highest BCUT2D eigenvalue weighted by Crippen LogP contribution is 2.11. The minimum absolute atomic E-state index is 0.172. The van der Waals surface area contributed by atoms with Crippen molar-refractivity contribution in [2.45, 2.75) is 46.1 Å². The molecule has 0 saturated heterocycles. The predicted octanol–water partition coefficient (Wildman–Crippen LogP) is 2.26. The van der Waals surface area contributed by atoms with Crippen molar-refractivity contribution in [3.8, 4) is 0 Å². The smallest absolute Gasteiger partial charge is 0.284 e. The number of aliphatic imine (C=N–C) groups is 1. The van der Waals surface area contributed by atoms with Crippen LogP contribution in [0.2, 0.25) is 0 Å². The third-order valence-electron chi connectivity index (χ3n) is 3.66. The third kappa shape index (κ3) is 6.20. The van der Waals surface area contributed by atoms with Gasteiger partial charge in [-0.3, -0.25) is 9.79 Å². The Balaban J connectivity index is 2.39. The Morgan fingerprint density at radius 2 is 2.14 bits per heavy atom. The van der Waals surface area contributed by atoms with Crippen molar-refractivity contribution >= 4 is 11.9 Å². The molecule has 1 heterocycles. The highest BCUT2D eigenvalue weighted by molar-refractivity contribution is 5.89. The number of carbonyl (C=O) groups is 1. The van der Waals surface area contributed by atoms with Crippen LogP contribution in [-0.2, 0) is 6.54 Å². The first-order valence-electron chi connectivity index (χ1n) is 7.93. The van der Waals surface area contributed by atoms with Crippen LogP contribution in [0.25, 0.3) is 0 Å². The summed E-state index contributed by atoms with van der Waals surface area (Å²) in [6.45, 7) is 5.79. The van der Waals surface area contributed by atoms with E-state index in [1.165, 1.54) is 19.3 Å².